The van der Waals surface area contributed by atoms with Gasteiger partial charge in [0.05, 0.1) is 17.1 Å². The second-order valence-electron chi connectivity index (χ2n) is 8.00. The van der Waals surface area contributed by atoms with Crippen LogP contribution in [0.15, 0.2) is 51.4 Å². The number of fused-ring (bicyclic) bond motifs is 1. The summed E-state index contributed by atoms with van der Waals surface area (Å²) < 4.78 is 58.4. The number of nitrogens with one attached hydrogen (secondary N) is 1. The van der Waals surface area contributed by atoms with E-state index in [1.807, 2.05) is 0 Å². The number of carbonyl (C=O) groups is 2. The van der Waals surface area contributed by atoms with E-state index in [-0.39, 0.29) is 40.8 Å². The molecule has 0 aliphatic rings. The van der Waals surface area contributed by atoms with Gasteiger partial charge >= 0.3 is 12.5 Å². The number of ether oxygens (including phenoxy) is 3. The molecule has 2 aromatic heterocycles. The quantitative estimate of drug-likeness (QED) is 0.259. The minimum absolute atomic E-state index is 0.0127. The van der Waals surface area contributed by atoms with E-state index in [0.717, 1.165) is 6.07 Å². The summed E-state index contributed by atoms with van der Waals surface area (Å²) in [6.07, 6.45) is -5.96. The third-order valence-electron chi connectivity index (χ3n) is 4.80. The molecular formula is C23H19BrF3N5O6. The van der Waals surface area contributed by atoms with Crippen LogP contribution in [-0.2, 0) is 16.0 Å². The predicted molar refractivity (Wildman–Crippen MR) is 129 cm³/mol. The Hall–Kier alpha value is -4.14. The maximum atomic E-state index is 12.7. The normalized spacial score (nSPS) is 11.6. The number of carbonyl (C=O) groups excluding carboxylic acids is 2. The number of halogens is 4. The summed E-state index contributed by atoms with van der Waals surface area (Å²) in [7, 11) is 0. The second kappa shape index (κ2) is 11.1. The molecule has 0 unspecified atom stereocenters. The summed E-state index contributed by atoms with van der Waals surface area (Å²) in [5, 5.41) is 14.7. The standard InChI is InChI=1S/C23H19BrF3N5O6/c1-12(2)36-22(34)35-8-7-32-20(29-30-31-32)19-9-13-3-4-14(10-18(13)37-19)21(33)28-15-5-6-17(16(24)11-15)38-23(25,26)27/h3-6,9-12H,7-8H2,1-2H3,(H,28,33). The van der Waals surface area contributed by atoms with Gasteiger partial charge in [0.2, 0.25) is 5.82 Å². The van der Waals surface area contributed by atoms with Gasteiger partial charge in [-0.05, 0) is 76.6 Å². The summed E-state index contributed by atoms with van der Waals surface area (Å²) in [6.45, 7) is 3.51. The molecule has 0 aliphatic heterocycles. The highest BCUT2D eigenvalue weighted by Gasteiger charge is 2.32. The molecule has 200 valence electrons. The van der Waals surface area contributed by atoms with Gasteiger partial charge < -0.3 is 23.9 Å². The molecule has 2 aromatic carbocycles. The molecule has 0 fully saturated rings. The average Bonchev–Trinajstić information content (AvgIpc) is 3.45. The maximum Gasteiger partial charge on any atom is 0.573 e. The molecule has 0 radical (unpaired) electrons. The molecule has 0 atom stereocenters. The minimum atomic E-state index is -4.84. The molecule has 4 aromatic rings. The number of alkyl halides is 3. The van der Waals surface area contributed by atoms with Crippen molar-refractivity contribution in [1.82, 2.24) is 20.2 Å². The van der Waals surface area contributed by atoms with E-state index in [2.05, 4.69) is 41.5 Å². The van der Waals surface area contributed by atoms with Gasteiger partial charge in [0, 0.05) is 16.6 Å². The molecule has 2 heterocycles. The van der Waals surface area contributed by atoms with Crippen molar-refractivity contribution in [2.45, 2.75) is 32.9 Å². The molecule has 0 spiro atoms. The minimum Gasteiger partial charge on any atom is -0.453 e. The van der Waals surface area contributed by atoms with Crippen LogP contribution in [0.25, 0.3) is 22.6 Å². The van der Waals surface area contributed by atoms with Crippen LogP contribution in [0.5, 0.6) is 5.75 Å². The number of hydrogen-bond donors (Lipinski definition) is 1. The summed E-state index contributed by atoms with van der Waals surface area (Å²) in [6, 6.07) is 10.1. The van der Waals surface area contributed by atoms with E-state index in [1.165, 1.54) is 22.9 Å². The summed E-state index contributed by atoms with van der Waals surface area (Å²) >= 11 is 3.00. The van der Waals surface area contributed by atoms with Crippen molar-refractivity contribution >= 4 is 44.6 Å². The van der Waals surface area contributed by atoms with Crippen LogP contribution in [0, 0.1) is 0 Å². The third kappa shape index (κ3) is 6.79. The Balaban J connectivity index is 1.45. The number of tetrazole rings is 1. The van der Waals surface area contributed by atoms with Crippen molar-refractivity contribution in [3.05, 3.63) is 52.5 Å². The first-order valence-corrected chi connectivity index (χ1v) is 11.8. The first-order valence-electron chi connectivity index (χ1n) is 11.0. The number of benzene rings is 2. The second-order valence-corrected chi connectivity index (χ2v) is 8.86. The van der Waals surface area contributed by atoms with E-state index >= 15 is 0 Å². The molecule has 11 nitrogen and oxygen atoms in total. The fourth-order valence-electron chi connectivity index (χ4n) is 3.25. The van der Waals surface area contributed by atoms with Crippen LogP contribution in [0.3, 0.4) is 0 Å². The summed E-state index contributed by atoms with van der Waals surface area (Å²) in [5.41, 5.74) is 0.853. The largest absolute Gasteiger partial charge is 0.573 e. The molecule has 0 bridgehead atoms. The SMILES string of the molecule is CC(C)OC(=O)OCCn1nnnc1-c1cc2ccc(C(=O)Nc3ccc(OC(F)(F)F)c(Br)c3)cc2o1. The molecular weight excluding hydrogens is 579 g/mol. The summed E-state index contributed by atoms with van der Waals surface area (Å²) in [4.78, 5) is 24.3. The van der Waals surface area contributed by atoms with Gasteiger partial charge in [0.25, 0.3) is 5.91 Å². The number of furan rings is 1. The zero-order valence-corrected chi connectivity index (χ0v) is 21.4. The third-order valence-corrected chi connectivity index (χ3v) is 5.42. The van der Waals surface area contributed by atoms with Gasteiger partial charge in [-0.25, -0.2) is 9.48 Å². The number of amides is 1. The lowest BCUT2D eigenvalue weighted by molar-refractivity contribution is -0.274. The van der Waals surface area contributed by atoms with Gasteiger partial charge in [-0.3, -0.25) is 4.79 Å². The first-order chi connectivity index (χ1) is 18.0. The number of rotatable bonds is 8. The van der Waals surface area contributed by atoms with E-state index in [9.17, 15) is 22.8 Å². The zero-order valence-electron chi connectivity index (χ0n) is 19.8. The van der Waals surface area contributed by atoms with Crippen LogP contribution >= 0.6 is 15.9 Å². The number of nitrogens with zero attached hydrogens (tertiary/aromatic N) is 4. The number of hydrogen-bond acceptors (Lipinski definition) is 9. The van der Waals surface area contributed by atoms with Crippen LogP contribution in [-0.4, -0.2) is 51.3 Å². The predicted octanol–water partition coefficient (Wildman–Crippen LogP) is 5.56. The van der Waals surface area contributed by atoms with Gasteiger partial charge in [-0.2, -0.15) is 0 Å². The lowest BCUT2D eigenvalue weighted by atomic mass is 10.1. The Morgan fingerprint density at radius 3 is 2.66 bits per heavy atom. The van der Waals surface area contributed by atoms with Gasteiger partial charge in [0.1, 0.15) is 17.9 Å². The van der Waals surface area contributed by atoms with E-state index < -0.39 is 24.2 Å². The highest BCUT2D eigenvalue weighted by molar-refractivity contribution is 9.10. The van der Waals surface area contributed by atoms with Crippen molar-refractivity contribution < 1.29 is 41.4 Å². The Bertz CT molecular complexity index is 1470. The summed E-state index contributed by atoms with van der Waals surface area (Å²) in [5.74, 6) is -0.364. The van der Waals surface area contributed by atoms with Crippen molar-refractivity contribution in [3.8, 4) is 17.3 Å². The molecule has 15 heteroatoms. The van der Waals surface area contributed by atoms with E-state index in [4.69, 9.17) is 13.9 Å². The highest BCUT2D eigenvalue weighted by atomic mass is 79.9. The van der Waals surface area contributed by atoms with Crippen molar-refractivity contribution in [2.75, 3.05) is 11.9 Å². The number of anilines is 1. The fourth-order valence-corrected chi connectivity index (χ4v) is 3.71. The Morgan fingerprint density at radius 1 is 1.16 bits per heavy atom. The lowest BCUT2D eigenvalue weighted by Crippen LogP contribution is -2.17. The fraction of sp³-hybridized carbons (Fsp3) is 0.261. The van der Waals surface area contributed by atoms with Crippen molar-refractivity contribution in [1.29, 1.82) is 0 Å². The van der Waals surface area contributed by atoms with Crippen LogP contribution < -0.4 is 10.1 Å². The zero-order chi connectivity index (χ0) is 27.4. The average molecular weight is 598 g/mol. The van der Waals surface area contributed by atoms with Crippen LogP contribution in [0.4, 0.5) is 23.7 Å². The Morgan fingerprint density at radius 2 is 1.95 bits per heavy atom. The topological polar surface area (TPSA) is 131 Å². The smallest absolute Gasteiger partial charge is 0.453 e. The van der Waals surface area contributed by atoms with Gasteiger partial charge in [0.15, 0.2) is 5.76 Å². The highest BCUT2D eigenvalue weighted by Crippen LogP contribution is 2.33. The number of aromatic nitrogens is 4. The van der Waals surface area contributed by atoms with Crippen molar-refractivity contribution in [3.63, 3.8) is 0 Å². The molecule has 1 N–H and O–H groups in total. The monoisotopic (exact) mass is 597 g/mol. The molecule has 0 aliphatic carbocycles. The first kappa shape index (κ1) is 26.9. The molecule has 38 heavy (non-hydrogen) atoms. The van der Waals surface area contributed by atoms with E-state index in [1.54, 1.807) is 32.0 Å². The van der Waals surface area contributed by atoms with Crippen LogP contribution in [0.1, 0.15) is 24.2 Å². The molecule has 0 saturated heterocycles. The van der Waals surface area contributed by atoms with Gasteiger partial charge in [-0.15, -0.1) is 18.3 Å². The Kier molecular flexibility index (Phi) is 7.85. The molecule has 0 saturated carbocycles. The van der Waals surface area contributed by atoms with Crippen molar-refractivity contribution in [2.24, 2.45) is 0 Å². The van der Waals surface area contributed by atoms with Crippen LogP contribution in [0.2, 0.25) is 0 Å². The maximum absolute atomic E-state index is 12.7. The molecule has 4 rings (SSSR count). The lowest BCUT2D eigenvalue weighted by Gasteiger charge is -2.12. The van der Waals surface area contributed by atoms with E-state index in [0.29, 0.717) is 16.7 Å². The van der Waals surface area contributed by atoms with Gasteiger partial charge in [-0.1, -0.05) is 6.07 Å². The Labute approximate surface area is 221 Å². The molecule has 1 amide bonds.